The molecule has 1 rings (SSSR count). The second-order valence-corrected chi connectivity index (χ2v) is 3.80. The first-order chi connectivity index (χ1) is 9.90. The molecule has 1 N–H and O–H groups in total. The fraction of sp³-hybridized carbons (Fsp3) is 0.545. The predicted octanol–water partition coefficient (Wildman–Crippen LogP) is -2.18. The lowest BCUT2D eigenvalue weighted by Gasteiger charge is -2.08. The van der Waals surface area contributed by atoms with Crippen LogP contribution in [-0.2, 0) is 32.2 Å². The van der Waals surface area contributed by atoms with E-state index < -0.39 is 42.1 Å². The maximum Gasteiger partial charge on any atom is 0.337 e. The second-order valence-electron chi connectivity index (χ2n) is 3.80. The van der Waals surface area contributed by atoms with Crippen molar-refractivity contribution in [1.82, 2.24) is 14.1 Å². The lowest BCUT2D eigenvalue weighted by molar-refractivity contribution is -0.144. The molecule has 0 saturated carbocycles. The zero-order valence-electron chi connectivity index (χ0n) is 11.6. The van der Waals surface area contributed by atoms with Gasteiger partial charge in [-0.15, -0.1) is 0 Å². The van der Waals surface area contributed by atoms with Crippen molar-refractivity contribution >= 4 is 11.9 Å². The molecule has 0 spiro atoms. The summed E-state index contributed by atoms with van der Waals surface area (Å²) in [6.45, 7) is 1.96. The van der Waals surface area contributed by atoms with E-state index in [9.17, 15) is 24.0 Å². The molecule has 0 aromatic carbocycles. The molecule has 0 atom stereocenters. The van der Waals surface area contributed by atoms with E-state index in [4.69, 9.17) is 0 Å². The van der Waals surface area contributed by atoms with Crippen LogP contribution in [0.3, 0.4) is 0 Å². The topological polar surface area (TPSA) is 129 Å². The van der Waals surface area contributed by atoms with Crippen molar-refractivity contribution in [1.29, 1.82) is 0 Å². The van der Waals surface area contributed by atoms with E-state index in [-0.39, 0.29) is 13.2 Å². The second kappa shape index (κ2) is 7.22. The molecule has 1 aromatic rings. The van der Waals surface area contributed by atoms with Gasteiger partial charge < -0.3 is 9.47 Å². The van der Waals surface area contributed by atoms with Crippen LogP contribution in [0, 0.1) is 0 Å². The third-order valence-electron chi connectivity index (χ3n) is 2.35. The number of H-pyrrole nitrogens is 1. The van der Waals surface area contributed by atoms with Gasteiger partial charge in [0, 0.05) is 0 Å². The van der Waals surface area contributed by atoms with E-state index in [1.165, 1.54) is 0 Å². The van der Waals surface area contributed by atoms with Gasteiger partial charge >= 0.3 is 29.0 Å². The number of nitrogens with one attached hydrogen (secondary N) is 1. The molecule has 21 heavy (non-hydrogen) atoms. The van der Waals surface area contributed by atoms with Gasteiger partial charge in [-0.3, -0.25) is 14.6 Å². The molecule has 0 radical (unpaired) electrons. The normalized spacial score (nSPS) is 10.2. The van der Waals surface area contributed by atoms with Crippen LogP contribution in [0.25, 0.3) is 0 Å². The van der Waals surface area contributed by atoms with Crippen molar-refractivity contribution in [2.24, 2.45) is 0 Å². The molecule has 0 aliphatic rings. The summed E-state index contributed by atoms with van der Waals surface area (Å²) < 4.78 is 10.2. The van der Waals surface area contributed by atoms with Crippen LogP contribution >= 0.6 is 0 Å². The zero-order chi connectivity index (χ0) is 16.0. The number of aromatic amines is 1. The SMILES string of the molecule is CCOC(=O)Cn1c(=O)[nH]c(=O)n(CC(=O)OCC)c1=O. The largest absolute Gasteiger partial charge is 0.465 e. The molecule has 0 bridgehead atoms. The van der Waals surface area contributed by atoms with Gasteiger partial charge in [0.15, 0.2) is 0 Å². The standard InChI is InChI=1S/C11H15N3O7/c1-3-20-7(15)5-13-9(17)12-10(18)14(11(13)19)6-8(16)21-4-2/h3-6H2,1-2H3,(H,12,17,18). The molecule has 0 saturated heterocycles. The lowest BCUT2D eigenvalue weighted by atomic mass is 10.6. The van der Waals surface area contributed by atoms with Crippen LogP contribution in [0.1, 0.15) is 13.8 Å². The van der Waals surface area contributed by atoms with Crippen molar-refractivity contribution < 1.29 is 19.1 Å². The Bertz CT molecular complexity index is 642. The maximum atomic E-state index is 12.0. The first kappa shape index (κ1) is 16.4. The van der Waals surface area contributed by atoms with E-state index in [1.54, 1.807) is 13.8 Å². The van der Waals surface area contributed by atoms with Crippen molar-refractivity contribution in [3.8, 4) is 0 Å². The van der Waals surface area contributed by atoms with Crippen LogP contribution < -0.4 is 17.1 Å². The fourth-order valence-corrected chi connectivity index (χ4v) is 1.50. The predicted molar refractivity (Wildman–Crippen MR) is 68.8 cm³/mol. The van der Waals surface area contributed by atoms with Gasteiger partial charge in [-0.05, 0) is 13.8 Å². The summed E-state index contributed by atoms with van der Waals surface area (Å²) in [4.78, 5) is 59.5. The first-order valence-corrected chi connectivity index (χ1v) is 6.15. The van der Waals surface area contributed by atoms with Gasteiger partial charge in [-0.25, -0.2) is 23.5 Å². The molecule has 1 heterocycles. The van der Waals surface area contributed by atoms with E-state index in [0.29, 0.717) is 9.13 Å². The molecule has 0 unspecified atom stereocenters. The van der Waals surface area contributed by atoms with Crippen molar-refractivity contribution in [3.05, 3.63) is 31.5 Å². The van der Waals surface area contributed by atoms with E-state index >= 15 is 0 Å². The van der Waals surface area contributed by atoms with Crippen LogP contribution in [0.5, 0.6) is 0 Å². The number of hydrogen-bond donors (Lipinski definition) is 1. The first-order valence-electron chi connectivity index (χ1n) is 6.15. The third kappa shape index (κ3) is 4.16. The van der Waals surface area contributed by atoms with E-state index in [0.717, 1.165) is 0 Å². The van der Waals surface area contributed by atoms with Crippen molar-refractivity contribution in [3.63, 3.8) is 0 Å². The number of nitrogens with zero attached hydrogens (tertiary/aromatic N) is 2. The average Bonchev–Trinajstić information content (AvgIpc) is 2.40. The Morgan fingerprint density at radius 3 is 1.62 bits per heavy atom. The highest BCUT2D eigenvalue weighted by Gasteiger charge is 2.16. The maximum absolute atomic E-state index is 12.0. The summed E-state index contributed by atoms with van der Waals surface area (Å²) in [5.41, 5.74) is -3.21. The molecule has 0 aliphatic heterocycles. The Kier molecular flexibility index (Phi) is 5.64. The molecule has 116 valence electrons. The molecule has 10 nitrogen and oxygen atoms in total. The minimum absolute atomic E-state index is 0.0773. The highest BCUT2D eigenvalue weighted by Crippen LogP contribution is 1.83. The molecular formula is C11H15N3O7. The van der Waals surface area contributed by atoms with Gasteiger partial charge in [0.1, 0.15) is 13.1 Å². The molecule has 10 heteroatoms. The summed E-state index contributed by atoms with van der Waals surface area (Å²) in [5, 5.41) is 0. The number of rotatable bonds is 6. The van der Waals surface area contributed by atoms with Gasteiger partial charge in [0.2, 0.25) is 0 Å². The average molecular weight is 301 g/mol. The van der Waals surface area contributed by atoms with Crippen LogP contribution in [0.15, 0.2) is 14.4 Å². The molecule has 1 aromatic heterocycles. The molecule has 0 fully saturated rings. The number of hydrogen-bond acceptors (Lipinski definition) is 7. The quantitative estimate of drug-likeness (QED) is 0.591. The zero-order valence-corrected chi connectivity index (χ0v) is 11.6. The monoisotopic (exact) mass is 301 g/mol. The molecular weight excluding hydrogens is 286 g/mol. The lowest BCUT2D eigenvalue weighted by Crippen LogP contribution is -2.51. The summed E-state index contributed by atoms with van der Waals surface area (Å²) in [7, 11) is 0. The number of ether oxygens (including phenoxy) is 2. The molecule has 0 aliphatic carbocycles. The number of carbonyl (C=O) groups excluding carboxylic acids is 2. The molecule has 0 amide bonds. The number of aromatic nitrogens is 3. The smallest absolute Gasteiger partial charge is 0.337 e. The number of carbonyl (C=O) groups is 2. The van der Waals surface area contributed by atoms with Crippen LogP contribution in [-0.4, -0.2) is 39.3 Å². The van der Waals surface area contributed by atoms with Gasteiger partial charge in [-0.2, -0.15) is 0 Å². The Hall–Kier alpha value is -2.65. The van der Waals surface area contributed by atoms with Gasteiger partial charge in [0.05, 0.1) is 13.2 Å². The number of esters is 2. The third-order valence-corrected chi connectivity index (χ3v) is 2.35. The Balaban J connectivity index is 3.20. The van der Waals surface area contributed by atoms with Crippen LogP contribution in [0.2, 0.25) is 0 Å². The minimum atomic E-state index is -1.09. The Labute approximate surface area is 117 Å². The van der Waals surface area contributed by atoms with Gasteiger partial charge in [-0.1, -0.05) is 0 Å². The summed E-state index contributed by atoms with van der Waals surface area (Å²) in [5.74, 6) is -1.63. The van der Waals surface area contributed by atoms with E-state index in [1.807, 2.05) is 4.98 Å². The summed E-state index contributed by atoms with van der Waals surface area (Å²) in [6.07, 6.45) is 0. The minimum Gasteiger partial charge on any atom is -0.465 e. The van der Waals surface area contributed by atoms with Crippen LogP contribution in [0.4, 0.5) is 0 Å². The van der Waals surface area contributed by atoms with Crippen molar-refractivity contribution in [2.45, 2.75) is 26.9 Å². The highest BCUT2D eigenvalue weighted by atomic mass is 16.5. The van der Waals surface area contributed by atoms with E-state index in [2.05, 4.69) is 9.47 Å². The van der Waals surface area contributed by atoms with Crippen molar-refractivity contribution in [2.75, 3.05) is 13.2 Å². The Morgan fingerprint density at radius 2 is 1.29 bits per heavy atom. The summed E-state index contributed by atoms with van der Waals surface area (Å²) >= 11 is 0. The summed E-state index contributed by atoms with van der Waals surface area (Å²) in [6, 6.07) is 0. The Morgan fingerprint density at radius 1 is 0.905 bits per heavy atom. The fourth-order valence-electron chi connectivity index (χ4n) is 1.50. The highest BCUT2D eigenvalue weighted by molar-refractivity contribution is 5.69. The van der Waals surface area contributed by atoms with Gasteiger partial charge in [0.25, 0.3) is 0 Å².